The molecule has 0 aliphatic heterocycles. The maximum Gasteiger partial charge on any atom is 0.162 e. The SMILES string of the molecule is COCc1cc(COc2cc(C#N)ccc2C)no1. The van der Waals surface area contributed by atoms with Crippen LogP contribution >= 0.6 is 0 Å². The molecule has 5 nitrogen and oxygen atoms in total. The van der Waals surface area contributed by atoms with Crippen LogP contribution in [0.15, 0.2) is 28.8 Å². The molecule has 0 radical (unpaired) electrons. The summed E-state index contributed by atoms with van der Waals surface area (Å²) in [5.41, 5.74) is 2.23. The Bertz CT molecular complexity index is 599. The van der Waals surface area contributed by atoms with Crippen molar-refractivity contribution in [2.45, 2.75) is 20.1 Å². The molecule has 1 aromatic carbocycles. The van der Waals surface area contributed by atoms with E-state index in [1.807, 2.05) is 13.0 Å². The Balaban J connectivity index is 2.03. The fourth-order valence-corrected chi connectivity index (χ4v) is 1.61. The Hall–Kier alpha value is -2.32. The van der Waals surface area contributed by atoms with Crippen LogP contribution in [0.1, 0.15) is 22.6 Å². The van der Waals surface area contributed by atoms with E-state index in [1.165, 1.54) is 0 Å². The first-order chi connectivity index (χ1) is 9.22. The van der Waals surface area contributed by atoms with Crippen molar-refractivity contribution in [3.8, 4) is 11.8 Å². The molecule has 98 valence electrons. The maximum atomic E-state index is 8.85. The number of ether oxygens (including phenoxy) is 2. The molecule has 0 bridgehead atoms. The van der Waals surface area contributed by atoms with Gasteiger partial charge in [-0.15, -0.1) is 0 Å². The Labute approximate surface area is 111 Å². The van der Waals surface area contributed by atoms with E-state index in [4.69, 9.17) is 19.3 Å². The molecule has 0 aliphatic rings. The lowest BCUT2D eigenvalue weighted by Crippen LogP contribution is -1.97. The van der Waals surface area contributed by atoms with Crippen LogP contribution in [0.2, 0.25) is 0 Å². The zero-order valence-corrected chi connectivity index (χ0v) is 10.8. The van der Waals surface area contributed by atoms with Crippen LogP contribution in [-0.4, -0.2) is 12.3 Å². The summed E-state index contributed by atoms with van der Waals surface area (Å²) in [4.78, 5) is 0. The van der Waals surface area contributed by atoms with Crippen molar-refractivity contribution in [2.24, 2.45) is 0 Å². The summed E-state index contributed by atoms with van der Waals surface area (Å²) in [7, 11) is 1.59. The van der Waals surface area contributed by atoms with Crippen LogP contribution in [0.5, 0.6) is 5.75 Å². The molecule has 19 heavy (non-hydrogen) atoms. The number of methoxy groups -OCH3 is 1. The minimum absolute atomic E-state index is 0.295. The van der Waals surface area contributed by atoms with Gasteiger partial charge in [-0.2, -0.15) is 5.26 Å². The Morgan fingerprint density at radius 2 is 2.16 bits per heavy atom. The number of aryl methyl sites for hydroxylation is 1. The molecule has 0 saturated carbocycles. The second-order valence-corrected chi connectivity index (χ2v) is 4.10. The molecule has 0 fully saturated rings. The minimum atomic E-state index is 0.295. The van der Waals surface area contributed by atoms with Gasteiger partial charge in [-0.25, -0.2) is 0 Å². The summed E-state index contributed by atoms with van der Waals surface area (Å²) < 4.78 is 15.6. The normalized spacial score (nSPS) is 10.2. The molecule has 1 aromatic heterocycles. The van der Waals surface area contributed by atoms with Gasteiger partial charge in [0.1, 0.15) is 24.7 Å². The van der Waals surface area contributed by atoms with Gasteiger partial charge in [0.2, 0.25) is 0 Å². The van der Waals surface area contributed by atoms with Crippen molar-refractivity contribution < 1.29 is 14.0 Å². The van der Waals surface area contributed by atoms with E-state index in [0.717, 1.165) is 5.56 Å². The quantitative estimate of drug-likeness (QED) is 0.824. The van der Waals surface area contributed by atoms with Crippen LogP contribution in [-0.2, 0) is 18.0 Å². The highest BCUT2D eigenvalue weighted by molar-refractivity contribution is 5.41. The summed E-state index contributed by atoms with van der Waals surface area (Å²) >= 11 is 0. The van der Waals surface area contributed by atoms with E-state index in [9.17, 15) is 0 Å². The number of nitriles is 1. The van der Waals surface area contributed by atoms with Crippen LogP contribution in [0, 0.1) is 18.3 Å². The molecule has 0 aliphatic carbocycles. The second-order valence-electron chi connectivity index (χ2n) is 4.10. The number of hydrogen-bond donors (Lipinski definition) is 0. The molecule has 5 heteroatoms. The maximum absolute atomic E-state index is 8.85. The molecule has 0 unspecified atom stereocenters. The van der Waals surface area contributed by atoms with E-state index < -0.39 is 0 Å². The van der Waals surface area contributed by atoms with Gasteiger partial charge < -0.3 is 14.0 Å². The van der Waals surface area contributed by atoms with Gasteiger partial charge in [-0.1, -0.05) is 11.2 Å². The van der Waals surface area contributed by atoms with E-state index >= 15 is 0 Å². The lowest BCUT2D eigenvalue weighted by molar-refractivity contribution is 0.155. The number of nitrogens with zero attached hydrogens (tertiary/aromatic N) is 2. The highest BCUT2D eigenvalue weighted by Crippen LogP contribution is 2.20. The fourth-order valence-electron chi connectivity index (χ4n) is 1.61. The second kappa shape index (κ2) is 6.03. The Morgan fingerprint density at radius 1 is 1.32 bits per heavy atom. The van der Waals surface area contributed by atoms with Gasteiger partial charge in [-0.3, -0.25) is 0 Å². The van der Waals surface area contributed by atoms with Crippen molar-refractivity contribution in [1.82, 2.24) is 5.16 Å². The molecule has 2 aromatic rings. The fraction of sp³-hybridized carbons (Fsp3) is 0.286. The van der Waals surface area contributed by atoms with Crippen LogP contribution < -0.4 is 4.74 Å². The summed E-state index contributed by atoms with van der Waals surface area (Å²) in [6, 6.07) is 9.19. The van der Waals surface area contributed by atoms with Crippen molar-refractivity contribution in [3.05, 3.63) is 46.8 Å². The zero-order chi connectivity index (χ0) is 13.7. The topological polar surface area (TPSA) is 68.3 Å². The van der Waals surface area contributed by atoms with Gasteiger partial charge >= 0.3 is 0 Å². The average molecular weight is 258 g/mol. The van der Waals surface area contributed by atoms with Gasteiger partial charge in [-0.05, 0) is 24.6 Å². The summed E-state index contributed by atoms with van der Waals surface area (Å²) in [6.45, 7) is 2.61. The first-order valence-electron chi connectivity index (χ1n) is 5.80. The molecule has 0 N–H and O–H groups in total. The Kier molecular flexibility index (Phi) is 4.16. The standard InChI is InChI=1S/C14H14N2O3/c1-10-3-4-11(7-15)5-14(10)18-8-12-6-13(9-17-2)19-16-12/h3-6H,8-9H2,1-2H3. The van der Waals surface area contributed by atoms with E-state index in [0.29, 0.717) is 36.0 Å². The highest BCUT2D eigenvalue weighted by Gasteiger charge is 2.06. The average Bonchev–Trinajstić information content (AvgIpc) is 2.86. The first-order valence-corrected chi connectivity index (χ1v) is 5.80. The number of hydrogen-bond acceptors (Lipinski definition) is 5. The van der Waals surface area contributed by atoms with Gasteiger partial charge in [0.05, 0.1) is 11.6 Å². The minimum Gasteiger partial charge on any atom is -0.487 e. The monoisotopic (exact) mass is 258 g/mol. The Morgan fingerprint density at radius 3 is 2.89 bits per heavy atom. The van der Waals surface area contributed by atoms with Gasteiger partial charge in [0.15, 0.2) is 5.76 Å². The summed E-state index contributed by atoms with van der Waals surface area (Å²) in [5.74, 6) is 1.33. The van der Waals surface area contributed by atoms with E-state index in [2.05, 4.69) is 11.2 Å². The number of aromatic nitrogens is 1. The summed E-state index contributed by atoms with van der Waals surface area (Å²) in [6.07, 6.45) is 0. The predicted octanol–water partition coefficient (Wildman–Crippen LogP) is 2.58. The molecule has 0 saturated heterocycles. The predicted molar refractivity (Wildman–Crippen MR) is 67.4 cm³/mol. The smallest absolute Gasteiger partial charge is 0.162 e. The molecule has 0 atom stereocenters. The van der Waals surface area contributed by atoms with Crippen molar-refractivity contribution in [3.63, 3.8) is 0 Å². The van der Waals surface area contributed by atoms with Gasteiger partial charge in [0.25, 0.3) is 0 Å². The highest BCUT2D eigenvalue weighted by atomic mass is 16.5. The van der Waals surface area contributed by atoms with Crippen LogP contribution in [0.4, 0.5) is 0 Å². The first kappa shape index (κ1) is 13.1. The van der Waals surface area contributed by atoms with E-state index in [1.54, 1.807) is 25.3 Å². The third-order valence-corrected chi connectivity index (χ3v) is 2.59. The lowest BCUT2D eigenvalue weighted by atomic mass is 10.1. The largest absolute Gasteiger partial charge is 0.487 e. The number of rotatable bonds is 5. The van der Waals surface area contributed by atoms with Gasteiger partial charge in [0, 0.05) is 13.2 Å². The van der Waals surface area contributed by atoms with Crippen molar-refractivity contribution in [2.75, 3.05) is 7.11 Å². The number of benzene rings is 1. The summed E-state index contributed by atoms with van der Waals surface area (Å²) in [5, 5.41) is 12.7. The molecular weight excluding hydrogens is 244 g/mol. The van der Waals surface area contributed by atoms with Crippen molar-refractivity contribution >= 4 is 0 Å². The molecule has 0 amide bonds. The molecule has 2 rings (SSSR count). The lowest BCUT2D eigenvalue weighted by Gasteiger charge is -2.07. The van der Waals surface area contributed by atoms with Crippen molar-refractivity contribution in [1.29, 1.82) is 5.26 Å². The molecule has 0 spiro atoms. The molecular formula is C14H14N2O3. The molecule has 1 heterocycles. The third kappa shape index (κ3) is 3.33. The van der Waals surface area contributed by atoms with Crippen LogP contribution in [0.25, 0.3) is 0 Å². The zero-order valence-electron chi connectivity index (χ0n) is 10.8. The third-order valence-electron chi connectivity index (χ3n) is 2.59. The van der Waals surface area contributed by atoms with E-state index in [-0.39, 0.29) is 0 Å². The van der Waals surface area contributed by atoms with Crippen LogP contribution in [0.3, 0.4) is 0 Å².